The molecule has 0 radical (unpaired) electrons. The van der Waals surface area contributed by atoms with Crippen LogP contribution in [0.3, 0.4) is 0 Å². The van der Waals surface area contributed by atoms with Crippen molar-refractivity contribution in [1.82, 2.24) is 4.98 Å². The zero-order chi connectivity index (χ0) is 15.8. The molecular weight excluding hydrogens is 256 g/mol. The van der Waals surface area contributed by atoms with E-state index in [1.54, 1.807) is 0 Å². The minimum absolute atomic E-state index is 0.348. The van der Waals surface area contributed by atoms with Gasteiger partial charge in [0.25, 0.3) is 0 Å². The second-order valence-electron chi connectivity index (χ2n) is 7.48. The van der Waals surface area contributed by atoms with Gasteiger partial charge in [0.05, 0.1) is 11.4 Å². The molecule has 114 valence electrons. The molecule has 1 aliphatic rings. The second kappa shape index (κ2) is 5.67. The summed E-state index contributed by atoms with van der Waals surface area (Å²) in [4.78, 5) is 3.36. The van der Waals surface area contributed by atoms with Crippen molar-refractivity contribution in [3.05, 3.63) is 40.7 Å². The molecule has 0 saturated heterocycles. The molecule has 21 heavy (non-hydrogen) atoms. The van der Waals surface area contributed by atoms with E-state index in [4.69, 9.17) is 5.41 Å². The van der Waals surface area contributed by atoms with Crippen LogP contribution in [0, 0.1) is 23.7 Å². The van der Waals surface area contributed by atoms with Gasteiger partial charge in [0.1, 0.15) is 0 Å². The predicted molar refractivity (Wildman–Crippen MR) is 91.9 cm³/mol. The number of hydrogen-bond donors (Lipinski definition) is 2. The summed E-state index contributed by atoms with van der Waals surface area (Å²) in [6, 6.07) is 2.06. The summed E-state index contributed by atoms with van der Waals surface area (Å²) in [5, 5.41) is 7.75. The minimum atomic E-state index is 0.348. The predicted octanol–water partition coefficient (Wildman–Crippen LogP) is 5.50. The van der Waals surface area contributed by atoms with Crippen molar-refractivity contribution >= 4 is 11.8 Å². The summed E-state index contributed by atoms with van der Waals surface area (Å²) in [6.45, 7) is 15.2. The first-order valence-electron chi connectivity index (χ1n) is 7.82. The van der Waals surface area contributed by atoms with E-state index >= 15 is 0 Å². The van der Waals surface area contributed by atoms with Gasteiger partial charge in [-0.05, 0) is 67.7 Å². The van der Waals surface area contributed by atoms with E-state index in [9.17, 15) is 0 Å². The fourth-order valence-electron chi connectivity index (χ4n) is 3.02. The molecule has 1 saturated carbocycles. The normalized spacial score (nSPS) is 21.9. The molecule has 0 aromatic carbocycles. The first-order valence-corrected chi connectivity index (χ1v) is 7.82. The summed E-state index contributed by atoms with van der Waals surface area (Å²) in [6.07, 6.45) is 5.71. The third kappa shape index (κ3) is 3.55. The zero-order valence-corrected chi connectivity index (χ0v) is 14.1. The molecule has 1 aromatic rings. The minimum Gasteiger partial charge on any atom is -0.354 e. The molecule has 1 heterocycles. The lowest BCUT2D eigenvalue weighted by Gasteiger charge is -2.36. The van der Waals surface area contributed by atoms with Crippen molar-refractivity contribution in [2.24, 2.45) is 11.3 Å². The van der Waals surface area contributed by atoms with Crippen LogP contribution >= 0.6 is 0 Å². The quantitative estimate of drug-likeness (QED) is 0.673. The summed E-state index contributed by atoms with van der Waals surface area (Å²) >= 11 is 0. The van der Waals surface area contributed by atoms with Crippen molar-refractivity contribution in [3.8, 4) is 0 Å². The fraction of sp³-hybridized carbons (Fsp3) is 0.526. The second-order valence-corrected chi connectivity index (χ2v) is 7.48. The third-order valence-electron chi connectivity index (χ3n) is 4.72. The van der Waals surface area contributed by atoms with Gasteiger partial charge in [-0.3, -0.25) is 0 Å². The zero-order valence-electron chi connectivity index (χ0n) is 14.1. The van der Waals surface area contributed by atoms with Crippen molar-refractivity contribution in [2.75, 3.05) is 0 Å². The third-order valence-corrected chi connectivity index (χ3v) is 4.72. The smallest absolute Gasteiger partial charge is 0.0596 e. The van der Waals surface area contributed by atoms with Crippen molar-refractivity contribution in [3.63, 3.8) is 0 Å². The highest BCUT2D eigenvalue weighted by molar-refractivity contribution is 5.95. The molecule has 0 amide bonds. The maximum absolute atomic E-state index is 7.75. The molecule has 2 nitrogen and oxygen atoms in total. The Morgan fingerprint density at radius 2 is 2.10 bits per heavy atom. The summed E-state index contributed by atoms with van der Waals surface area (Å²) in [5.41, 5.74) is 6.82. The Balaban J connectivity index is 2.30. The van der Waals surface area contributed by atoms with E-state index in [0.717, 1.165) is 24.2 Å². The van der Waals surface area contributed by atoms with Crippen LogP contribution in [0.15, 0.2) is 23.8 Å². The number of allylic oxidation sites excluding steroid dienone is 2. The van der Waals surface area contributed by atoms with Crippen LogP contribution in [-0.4, -0.2) is 10.7 Å². The van der Waals surface area contributed by atoms with Gasteiger partial charge in [-0.15, -0.1) is 0 Å². The highest BCUT2D eigenvalue weighted by atomic mass is 14.7. The van der Waals surface area contributed by atoms with E-state index < -0.39 is 0 Å². The Kier molecular flexibility index (Phi) is 4.27. The average Bonchev–Trinajstić information content (AvgIpc) is 2.72. The Morgan fingerprint density at radius 1 is 1.43 bits per heavy atom. The van der Waals surface area contributed by atoms with Gasteiger partial charge in [-0.25, -0.2) is 0 Å². The maximum atomic E-state index is 7.75. The number of aromatic amines is 1. The molecule has 0 spiro atoms. The highest BCUT2D eigenvalue weighted by Gasteiger charge is 2.29. The molecule has 2 rings (SSSR count). The van der Waals surface area contributed by atoms with E-state index in [1.807, 2.05) is 6.92 Å². The molecule has 1 fully saturated rings. The van der Waals surface area contributed by atoms with Crippen LogP contribution in [0.4, 0.5) is 0 Å². The summed E-state index contributed by atoms with van der Waals surface area (Å²) in [7, 11) is 0. The average molecular weight is 284 g/mol. The van der Waals surface area contributed by atoms with Gasteiger partial charge in [-0.2, -0.15) is 0 Å². The van der Waals surface area contributed by atoms with Crippen molar-refractivity contribution < 1.29 is 0 Å². The number of H-pyrrole nitrogens is 1. The van der Waals surface area contributed by atoms with Gasteiger partial charge in [-0.1, -0.05) is 32.9 Å². The highest BCUT2D eigenvalue weighted by Crippen LogP contribution is 2.42. The van der Waals surface area contributed by atoms with Gasteiger partial charge < -0.3 is 10.4 Å². The molecule has 2 N–H and O–H groups in total. The van der Waals surface area contributed by atoms with E-state index in [0.29, 0.717) is 17.0 Å². The standard InChI is InChI=1S/C19H28N2/c1-12-7-8-16(19(4,5)6)10-15(12)11-17-13(2)9-18(21-17)14(3)20/h9,11,16,20-21H,1,7-8,10H2,2-6H3/b15-11-,20-14?. The maximum Gasteiger partial charge on any atom is 0.0596 e. The molecule has 1 atom stereocenters. The van der Waals surface area contributed by atoms with Crippen LogP contribution in [0.2, 0.25) is 0 Å². The van der Waals surface area contributed by atoms with Crippen molar-refractivity contribution in [1.29, 1.82) is 5.41 Å². The summed E-state index contributed by atoms with van der Waals surface area (Å²) < 4.78 is 0. The number of rotatable bonds is 2. The lowest BCUT2D eigenvalue weighted by molar-refractivity contribution is 0.216. The Hall–Kier alpha value is -1.57. The van der Waals surface area contributed by atoms with E-state index in [-0.39, 0.29) is 0 Å². The molecule has 0 bridgehead atoms. The van der Waals surface area contributed by atoms with Crippen LogP contribution < -0.4 is 0 Å². The largest absolute Gasteiger partial charge is 0.354 e. The number of hydrogen-bond acceptors (Lipinski definition) is 1. The number of aryl methyl sites for hydroxylation is 1. The molecular formula is C19H28N2. The lowest BCUT2D eigenvalue weighted by atomic mass is 9.69. The SMILES string of the molecule is C=C1CCC(C(C)(C)C)C/C1=C/c1[nH]c(C(C)=N)cc1C. The van der Waals surface area contributed by atoms with Crippen LogP contribution in [-0.2, 0) is 0 Å². The van der Waals surface area contributed by atoms with Crippen molar-refractivity contribution in [2.45, 2.75) is 53.9 Å². The lowest BCUT2D eigenvalue weighted by Crippen LogP contribution is -2.24. The number of aromatic nitrogens is 1. The first kappa shape index (κ1) is 15.8. The van der Waals surface area contributed by atoms with Crippen LogP contribution in [0.5, 0.6) is 0 Å². The van der Waals surface area contributed by atoms with Gasteiger partial charge in [0.2, 0.25) is 0 Å². The number of nitrogens with one attached hydrogen (secondary N) is 2. The van der Waals surface area contributed by atoms with Gasteiger partial charge >= 0.3 is 0 Å². The topological polar surface area (TPSA) is 39.6 Å². The molecule has 1 unspecified atom stereocenters. The van der Waals surface area contributed by atoms with Gasteiger partial charge in [0, 0.05) is 5.69 Å². The molecule has 1 aromatic heterocycles. The Labute approximate surface area is 128 Å². The summed E-state index contributed by atoms with van der Waals surface area (Å²) in [5.74, 6) is 0.716. The van der Waals surface area contributed by atoms with Gasteiger partial charge in [0.15, 0.2) is 0 Å². The molecule has 1 aliphatic carbocycles. The Bertz CT molecular complexity index is 594. The fourth-order valence-corrected chi connectivity index (χ4v) is 3.02. The first-order chi connectivity index (χ1) is 9.68. The van der Waals surface area contributed by atoms with E-state index in [2.05, 4.69) is 51.4 Å². The van der Waals surface area contributed by atoms with Crippen LogP contribution in [0.1, 0.15) is 63.9 Å². The monoisotopic (exact) mass is 284 g/mol. The molecule has 2 heteroatoms. The van der Waals surface area contributed by atoms with E-state index in [1.165, 1.54) is 23.1 Å². The van der Waals surface area contributed by atoms with Crippen LogP contribution in [0.25, 0.3) is 6.08 Å². The Morgan fingerprint density at radius 3 is 2.62 bits per heavy atom. The molecule has 0 aliphatic heterocycles.